The average molecular weight is 224 g/mol. The summed E-state index contributed by atoms with van der Waals surface area (Å²) < 4.78 is 36.9. The number of rotatable bonds is 1. The predicted octanol–water partition coefficient (Wildman–Crippen LogP) is 1.13. The zero-order valence-corrected chi connectivity index (χ0v) is 8.55. The van der Waals surface area contributed by atoms with Gasteiger partial charge in [0.2, 0.25) is 5.91 Å². The maximum absolute atomic E-state index is 12.3. The SMILES string of the molecule is CC(N)C(=O)N1CCC(C(F)(F)F)CC1. The zero-order chi connectivity index (χ0) is 11.6. The summed E-state index contributed by atoms with van der Waals surface area (Å²) in [4.78, 5) is 12.8. The van der Waals surface area contributed by atoms with E-state index in [1.54, 1.807) is 0 Å². The molecule has 1 saturated heterocycles. The first-order valence-electron chi connectivity index (χ1n) is 4.93. The molecule has 6 heteroatoms. The van der Waals surface area contributed by atoms with Gasteiger partial charge in [-0.15, -0.1) is 0 Å². The molecule has 0 aromatic carbocycles. The first-order valence-corrected chi connectivity index (χ1v) is 4.93. The number of nitrogens with two attached hydrogens (primary N) is 1. The van der Waals surface area contributed by atoms with E-state index in [1.165, 1.54) is 11.8 Å². The Balaban J connectivity index is 2.46. The molecule has 0 aromatic rings. The molecule has 0 aromatic heterocycles. The molecule has 0 aliphatic carbocycles. The van der Waals surface area contributed by atoms with Crippen molar-refractivity contribution in [1.29, 1.82) is 0 Å². The summed E-state index contributed by atoms with van der Waals surface area (Å²) in [5.41, 5.74) is 5.37. The Morgan fingerprint density at radius 3 is 2.20 bits per heavy atom. The lowest BCUT2D eigenvalue weighted by Gasteiger charge is -2.33. The van der Waals surface area contributed by atoms with Gasteiger partial charge in [-0.25, -0.2) is 0 Å². The molecule has 0 spiro atoms. The average Bonchev–Trinajstić information content (AvgIpc) is 2.15. The van der Waals surface area contributed by atoms with E-state index in [1.807, 2.05) is 0 Å². The minimum atomic E-state index is -4.14. The Labute approximate surface area is 86.4 Å². The van der Waals surface area contributed by atoms with E-state index < -0.39 is 18.1 Å². The van der Waals surface area contributed by atoms with Gasteiger partial charge in [-0.3, -0.25) is 4.79 Å². The fraction of sp³-hybridized carbons (Fsp3) is 0.889. The normalized spacial score (nSPS) is 21.5. The van der Waals surface area contributed by atoms with Crippen LogP contribution in [0.4, 0.5) is 13.2 Å². The van der Waals surface area contributed by atoms with Gasteiger partial charge in [0.1, 0.15) is 0 Å². The van der Waals surface area contributed by atoms with Crippen LogP contribution in [0.3, 0.4) is 0 Å². The molecule has 0 saturated carbocycles. The van der Waals surface area contributed by atoms with Crippen molar-refractivity contribution in [1.82, 2.24) is 4.90 Å². The van der Waals surface area contributed by atoms with Gasteiger partial charge in [-0.2, -0.15) is 13.2 Å². The predicted molar refractivity (Wildman–Crippen MR) is 49.0 cm³/mol. The Morgan fingerprint density at radius 2 is 1.87 bits per heavy atom. The van der Waals surface area contributed by atoms with Gasteiger partial charge >= 0.3 is 6.18 Å². The summed E-state index contributed by atoms with van der Waals surface area (Å²) in [6.45, 7) is 1.85. The van der Waals surface area contributed by atoms with Gasteiger partial charge in [0.15, 0.2) is 0 Å². The minimum Gasteiger partial charge on any atom is -0.341 e. The van der Waals surface area contributed by atoms with Crippen LogP contribution in [0.1, 0.15) is 19.8 Å². The van der Waals surface area contributed by atoms with Crippen LogP contribution < -0.4 is 5.73 Å². The molecule has 1 fully saturated rings. The molecule has 1 aliphatic heterocycles. The molecule has 0 radical (unpaired) electrons. The van der Waals surface area contributed by atoms with Gasteiger partial charge in [0.05, 0.1) is 12.0 Å². The quantitative estimate of drug-likeness (QED) is 0.725. The molecule has 0 bridgehead atoms. The highest BCUT2D eigenvalue weighted by atomic mass is 19.4. The van der Waals surface area contributed by atoms with E-state index in [2.05, 4.69) is 0 Å². The first-order chi connectivity index (χ1) is 6.82. The highest BCUT2D eigenvalue weighted by Crippen LogP contribution is 2.34. The van der Waals surface area contributed by atoms with Gasteiger partial charge in [0.25, 0.3) is 0 Å². The standard InChI is InChI=1S/C9H15F3N2O/c1-6(13)8(15)14-4-2-7(3-5-14)9(10,11)12/h6-7H,2-5,13H2,1H3. The lowest BCUT2D eigenvalue weighted by atomic mass is 9.96. The maximum atomic E-state index is 12.3. The summed E-state index contributed by atoms with van der Waals surface area (Å²) >= 11 is 0. The van der Waals surface area contributed by atoms with E-state index in [4.69, 9.17) is 5.73 Å². The number of hydrogen-bond acceptors (Lipinski definition) is 2. The van der Waals surface area contributed by atoms with E-state index in [0.717, 1.165) is 0 Å². The van der Waals surface area contributed by atoms with Crippen LogP contribution in [0.2, 0.25) is 0 Å². The Kier molecular flexibility index (Phi) is 3.59. The zero-order valence-electron chi connectivity index (χ0n) is 8.55. The Hall–Kier alpha value is -0.780. The van der Waals surface area contributed by atoms with Crippen LogP contribution >= 0.6 is 0 Å². The van der Waals surface area contributed by atoms with Crippen LogP contribution in [-0.4, -0.2) is 36.1 Å². The Bertz CT molecular complexity index is 232. The molecule has 88 valence electrons. The highest BCUT2D eigenvalue weighted by molar-refractivity contribution is 5.81. The van der Waals surface area contributed by atoms with E-state index in [9.17, 15) is 18.0 Å². The van der Waals surface area contributed by atoms with E-state index in [0.29, 0.717) is 0 Å². The fourth-order valence-corrected chi connectivity index (χ4v) is 1.72. The molecule has 3 nitrogen and oxygen atoms in total. The van der Waals surface area contributed by atoms with Gasteiger partial charge < -0.3 is 10.6 Å². The lowest BCUT2D eigenvalue weighted by Crippen LogP contribution is -2.47. The summed E-state index contributed by atoms with van der Waals surface area (Å²) in [5, 5.41) is 0. The van der Waals surface area contributed by atoms with Crippen molar-refractivity contribution < 1.29 is 18.0 Å². The highest BCUT2D eigenvalue weighted by Gasteiger charge is 2.41. The van der Waals surface area contributed by atoms with Crippen LogP contribution in [-0.2, 0) is 4.79 Å². The van der Waals surface area contributed by atoms with Crippen LogP contribution in [0.25, 0.3) is 0 Å². The number of likely N-dealkylation sites (tertiary alicyclic amines) is 1. The first kappa shape index (κ1) is 12.3. The molecule has 1 rings (SSSR count). The van der Waals surface area contributed by atoms with Crippen LogP contribution in [0.15, 0.2) is 0 Å². The second-order valence-electron chi connectivity index (χ2n) is 3.93. The summed E-state index contributed by atoms with van der Waals surface area (Å²) in [5.74, 6) is -1.54. The summed E-state index contributed by atoms with van der Waals surface area (Å²) in [7, 11) is 0. The summed E-state index contributed by atoms with van der Waals surface area (Å²) in [6.07, 6.45) is -4.16. The Morgan fingerprint density at radius 1 is 1.40 bits per heavy atom. The van der Waals surface area contributed by atoms with Crippen LogP contribution in [0.5, 0.6) is 0 Å². The number of hydrogen-bond donors (Lipinski definition) is 1. The smallest absolute Gasteiger partial charge is 0.341 e. The van der Waals surface area contributed by atoms with Crippen molar-refractivity contribution in [2.45, 2.75) is 32.0 Å². The number of halogens is 3. The molecule has 1 atom stereocenters. The number of nitrogens with zero attached hydrogens (tertiary/aromatic N) is 1. The van der Waals surface area contributed by atoms with Crippen molar-refractivity contribution in [2.75, 3.05) is 13.1 Å². The minimum absolute atomic E-state index is 0.0119. The van der Waals surface area contributed by atoms with Crippen molar-refractivity contribution in [3.8, 4) is 0 Å². The lowest BCUT2D eigenvalue weighted by molar-refractivity contribution is -0.186. The molecule has 15 heavy (non-hydrogen) atoms. The second-order valence-corrected chi connectivity index (χ2v) is 3.93. The van der Waals surface area contributed by atoms with E-state index >= 15 is 0 Å². The number of piperidine rings is 1. The van der Waals surface area contributed by atoms with Gasteiger partial charge in [0, 0.05) is 13.1 Å². The van der Waals surface area contributed by atoms with Gasteiger partial charge in [-0.05, 0) is 19.8 Å². The van der Waals surface area contributed by atoms with Crippen LogP contribution in [0, 0.1) is 5.92 Å². The molecule has 1 aliphatic rings. The monoisotopic (exact) mass is 224 g/mol. The number of amides is 1. The molecule has 1 unspecified atom stereocenters. The van der Waals surface area contributed by atoms with Crippen molar-refractivity contribution in [2.24, 2.45) is 11.7 Å². The number of carbonyl (C=O) groups is 1. The third-order valence-corrected chi connectivity index (χ3v) is 2.66. The molecular weight excluding hydrogens is 209 g/mol. The second kappa shape index (κ2) is 4.38. The van der Waals surface area contributed by atoms with Crippen molar-refractivity contribution in [3.63, 3.8) is 0 Å². The fourth-order valence-electron chi connectivity index (χ4n) is 1.72. The van der Waals surface area contributed by atoms with Gasteiger partial charge in [-0.1, -0.05) is 0 Å². The maximum Gasteiger partial charge on any atom is 0.391 e. The van der Waals surface area contributed by atoms with Crippen molar-refractivity contribution >= 4 is 5.91 Å². The third kappa shape index (κ3) is 3.09. The molecule has 2 N–H and O–H groups in total. The molecule has 1 heterocycles. The van der Waals surface area contributed by atoms with E-state index in [-0.39, 0.29) is 31.8 Å². The molecule has 1 amide bonds. The molecular formula is C9H15F3N2O. The summed E-state index contributed by atoms with van der Waals surface area (Å²) in [6, 6.07) is -0.632. The third-order valence-electron chi connectivity index (χ3n) is 2.66. The number of alkyl halides is 3. The number of carbonyl (C=O) groups excluding carboxylic acids is 1. The largest absolute Gasteiger partial charge is 0.391 e. The topological polar surface area (TPSA) is 46.3 Å². The van der Waals surface area contributed by atoms with Crippen molar-refractivity contribution in [3.05, 3.63) is 0 Å².